The molecule has 1 amide bonds. The van der Waals surface area contributed by atoms with E-state index >= 15 is 0 Å². The second-order valence-electron chi connectivity index (χ2n) is 3.84. The molecule has 0 aromatic heterocycles. The average molecular weight is 241 g/mol. The third-order valence-electron chi connectivity index (χ3n) is 2.60. The van der Waals surface area contributed by atoms with Crippen molar-refractivity contribution in [2.45, 2.75) is 0 Å². The molecule has 0 spiro atoms. The van der Waals surface area contributed by atoms with E-state index < -0.39 is 0 Å². The van der Waals surface area contributed by atoms with Gasteiger partial charge in [-0.3, -0.25) is 4.79 Å². The van der Waals surface area contributed by atoms with E-state index in [2.05, 4.69) is 11.9 Å². The Labute approximate surface area is 106 Å². The van der Waals surface area contributed by atoms with Crippen molar-refractivity contribution in [2.75, 3.05) is 13.3 Å². The van der Waals surface area contributed by atoms with E-state index in [0.717, 1.165) is 10.8 Å². The standard InChI is InChI=1S/C15H15NO2/c1-2-10-18-11-16-15(17)14-9-5-7-12-6-3-4-8-13(12)14/h2-9H,1,10-11H2,(H,16,17). The molecule has 2 aromatic carbocycles. The van der Waals surface area contributed by atoms with Gasteiger partial charge in [0.25, 0.3) is 5.91 Å². The highest BCUT2D eigenvalue weighted by molar-refractivity contribution is 6.06. The molecule has 0 unspecified atom stereocenters. The summed E-state index contributed by atoms with van der Waals surface area (Å²) in [5.74, 6) is -0.129. The van der Waals surface area contributed by atoms with Crippen molar-refractivity contribution in [3.05, 3.63) is 60.7 Å². The molecule has 2 rings (SSSR count). The van der Waals surface area contributed by atoms with Crippen molar-refractivity contribution in [1.82, 2.24) is 5.32 Å². The Bertz CT molecular complexity index is 558. The van der Waals surface area contributed by atoms with Crippen LogP contribution in [0, 0.1) is 0 Å². The molecule has 0 aliphatic heterocycles. The van der Waals surface area contributed by atoms with Crippen LogP contribution in [-0.4, -0.2) is 19.2 Å². The topological polar surface area (TPSA) is 38.3 Å². The maximum absolute atomic E-state index is 12.0. The average Bonchev–Trinajstić information content (AvgIpc) is 2.43. The third-order valence-corrected chi connectivity index (χ3v) is 2.60. The van der Waals surface area contributed by atoms with E-state index in [1.165, 1.54) is 0 Å². The Morgan fingerprint density at radius 2 is 2.00 bits per heavy atom. The zero-order chi connectivity index (χ0) is 12.8. The lowest BCUT2D eigenvalue weighted by Crippen LogP contribution is -2.26. The smallest absolute Gasteiger partial charge is 0.253 e. The van der Waals surface area contributed by atoms with Crippen molar-refractivity contribution in [3.8, 4) is 0 Å². The number of carbonyl (C=O) groups is 1. The number of hydrogen-bond donors (Lipinski definition) is 1. The Morgan fingerprint density at radius 3 is 2.83 bits per heavy atom. The molecule has 0 radical (unpaired) electrons. The molecule has 0 aliphatic carbocycles. The maximum atomic E-state index is 12.0. The van der Waals surface area contributed by atoms with Gasteiger partial charge in [-0.2, -0.15) is 0 Å². The summed E-state index contributed by atoms with van der Waals surface area (Å²) in [6.45, 7) is 4.15. The Balaban J connectivity index is 2.15. The lowest BCUT2D eigenvalue weighted by molar-refractivity contribution is 0.0840. The van der Waals surface area contributed by atoms with Crippen LogP contribution in [0.1, 0.15) is 10.4 Å². The predicted octanol–water partition coefficient (Wildman–Crippen LogP) is 2.73. The first-order chi connectivity index (χ1) is 8.83. The van der Waals surface area contributed by atoms with Crippen LogP contribution in [0.15, 0.2) is 55.1 Å². The number of amides is 1. The van der Waals surface area contributed by atoms with Crippen LogP contribution in [0.25, 0.3) is 10.8 Å². The molecule has 2 aromatic rings. The Hall–Kier alpha value is -2.13. The van der Waals surface area contributed by atoms with Gasteiger partial charge in [0.1, 0.15) is 6.73 Å². The molecule has 0 saturated carbocycles. The first kappa shape index (κ1) is 12.3. The van der Waals surface area contributed by atoms with Gasteiger partial charge in [-0.1, -0.05) is 42.5 Å². The molecule has 3 nitrogen and oxygen atoms in total. The minimum absolute atomic E-state index is 0.129. The summed E-state index contributed by atoms with van der Waals surface area (Å²) in [5, 5.41) is 4.72. The van der Waals surface area contributed by atoms with Crippen molar-refractivity contribution in [2.24, 2.45) is 0 Å². The van der Waals surface area contributed by atoms with E-state index in [0.29, 0.717) is 12.2 Å². The highest BCUT2D eigenvalue weighted by atomic mass is 16.5. The van der Waals surface area contributed by atoms with Gasteiger partial charge in [-0.05, 0) is 16.8 Å². The molecule has 0 fully saturated rings. The molecule has 92 valence electrons. The van der Waals surface area contributed by atoms with Gasteiger partial charge >= 0.3 is 0 Å². The second kappa shape index (κ2) is 5.98. The second-order valence-corrected chi connectivity index (χ2v) is 3.84. The van der Waals surface area contributed by atoms with Crippen LogP contribution < -0.4 is 5.32 Å². The van der Waals surface area contributed by atoms with Crippen LogP contribution in [0.2, 0.25) is 0 Å². The maximum Gasteiger partial charge on any atom is 0.253 e. The Morgan fingerprint density at radius 1 is 1.22 bits per heavy atom. The SMILES string of the molecule is C=CCOCNC(=O)c1cccc2ccccc12. The number of benzene rings is 2. The first-order valence-electron chi connectivity index (χ1n) is 5.77. The summed E-state index contributed by atoms with van der Waals surface area (Å²) in [6, 6.07) is 13.5. The van der Waals surface area contributed by atoms with Crippen LogP contribution in [0.3, 0.4) is 0 Å². The fourth-order valence-corrected chi connectivity index (χ4v) is 1.78. The lowest BCUT2D eigenvalue weighted by atomic mass is 10.0. The van der Waals surface area contributed by atoms with Crippen molar-refractivity contribution in [1.29, 1.82) is 0 Å². The number of hydrogen-bond acceptors (Lipinski definition) is 2. The molecule has 3 heteroatoms. The lowest BCUT2D eigenvalue weighted by Gasteiger charge is -2.07. The molecule has 18 heavy (non-hydrogen) atoms. The summed E-state index contributed by atoms with van der Waals surface area (Å²) in [7, 11) is 0. The summed E-state index contributed by atoms with van der Waals surface area (Å²) < 4.78 is 5.14. The number of fused-ring (bicyclic) bond motifs is 1. The number of ether oxygens (including phenoxy) is 1. The van der Waals surface area contributed by atoms with E-state index in [9.17, 15) is 4.79 Å². The largest absolute Gasteiger partial charge is 0.357 e. The Kier molecular flexibility index (Phi) is 4.10. The predicted molar refractivity (Wildman–Crippen MR) is 72.4 cm³/mol. The summed E-state index contributed by atoms with van der Waals surface area (Å²) in [5.41, 5.74) is 0.662. The van der Waals surface area contributed by atoms with Gasteiger partial charge < -0.3 is 10.1 Å². The molecule has 0 atom stereocenters. The number of rotatable bonds is 5. The van der Waals surface area contributed by atoms with Gasteiger partial charge in [-0.15, -0.1) is 6.58 Å². The summed E-state index contributed by atoms with van der Waals surface area (Å²) in [4.78, 5) is 12.0. The van der Waals surface area contributed by atoms with E-state index in [4.69, 9.17) is 4.74 Å². The molecule has 0 aliphatic rings. The van der Waals surface area contributed by atoms with Crippen molar-refractivity contribution < 1.29 is 9.53 Å². The van der Waals surface area contributed by atoms with Gasteiger partial charge in [0.15, 0.2) is 0 Å². The van der Waals surface area contributed by atoms with E-state index in [-0.39, 0.29) is 12.6 Å². The molecule has 0 heterocycles. The fraction of sp³-hybridized carbons (Fsp3) is 0.133. The third kappa shape index (κ3) is 2.76. The molecule has 0 bridgehead atoms. The van der Waals surface area contributed by atoms with Gasteiger partial charge in [-0.25, -0.2) is 0 Å². The number of carbonyl (C=O) groups excluding carboxylic acids is 1. The summed E-state index contributed by atoms with van der Waals surface area (Å²) >= 11 is 0. The zero-order valence-corrected chi connectivity index (χ0v) is 10.1. The van der Waals surface area contributed by atoms with Crippen molar-refractivity contribution >= 4 is 16.7 Å². The van der Waals surface area contributed by atoms with Crippen LogP contribution >= 0.6 is 0 Å². The first-order valence-corrected chi connectivity index (χ1v) is 5.77. The highest BCUT2D eigenvalue weighted by Gasteiger charge is 2.08. The molecule has 0 saturated heterocycles. The van der Waals surface area contributed by atoms with Crippen molar-refractivity contribution in [3.63, 3.8) is 0 Å². The zero-order valence-electron chi connectivity index (χ0n) is 10.1. The minimum atomic E-state index is -0.129. The van der Waals surface area contributed by atoms with Gasteiger partial charge in [0.2, 0.25) is 0 Å². The molecular formula is C15H15NO2. The van der Waals surface area contributed by atoms with Gasteiger partial charge in [0, 0.05) is 5.56 Å². The number of nitrogens with one attached hydrogen (secondary N) is 1. The molecular weight excluding hydrogens is 226 g/mol. The van der Waals surface area contributed by atoms with Crippen LogP contribution in [0.4, 0.5) is 0 Å². The quantitative estimate of drug-likeness (QED) is 0.496. The minimum Gasteiger partial charge on any atom is -0.357 e. The van der Waals surface area contributed by atoms with Gasteiger partial charge in [0.05, 0.1) is 6.61 Å². The normalized spacial score (nSPS) is 10.2. The van der Waals surface area contributed by atoms with E-state index in [1.807, 2.05) is 42.5 Å². The van der Waals surface area contributed by atoms with Crippen LogP contribution in [0.5, 0.6) is 0 Å². The van der Waals surface area contributed by atoms with E-state index in [1.54, 1.807) is 6.08 Å². The summed E-state index contributed by atoms with van der Waals surface area (Å²) in [6.07, 6.45) is 1.64. The monoisotopic (exact) mass is 241 g/mol. The van der Waals surface area contributed by atoms with Crippen LogP contribution in [-0.2, 0) is 4.74 Å². The molecule has 1 N–H and O–H groups in total. The highest BCUT2D eigenvalue weighted by Crippen LogP contribution is 2.18. The fourth-order valence-electron chi connectivity index (χ4n) is 1.78.